The molecule has 1 saturated heterocycles. The van der Waals surface area contributed by atoms with Crippen LogP contribution in [0.1, 0.15) is 18.5 Å². The van der Waals surface area contributed by atoms with Crippen molar-refractivity contribution in [3.8, 4) is 0 Å². The highest BCUT2D eigenvalue weighted by Crippen LogP contribution is 2.25. The molecule has 1 aliphatic rings. The average Bonchev–Trinajstić information content (AvgIpc) is 2.74. The number of fused-ring (bicyclic) bond motifs is 1. The van der Waals surface area contributed by atoms with Gasteiger partial charge in [0.05, 0.1) is 0 Å². The van der Waals surface area contributed by atoms with Gasteiger partial charge in [-0.2, -0.15) is 11.8 Å². The molecular formula is C13H16N2OS. The van der Waals surface area contributed by atoms with Crippen LogP contribution in [0.3, 0.4) is 0 Å². The zero-order valence-electron chi connectivity index (χ0n) is 9.69. The number of hydrogen-bond acceptors (Lipinski definition) is 2. The van der Waals surface area contributed by atoms with Crippen molar-refractivity contribution in [3.63, 3.8) is 0 Å². The van der Waals surface area contributed by atoms with E-state index in [1.54, 1.807) is 16.5 Å². The SMILES string of the molecule is O=c1cccc2[nH]c(CC3CCSCC3)cn12. The first kappa shape index (κ1) is 11.0. The molecule has 2 aromatic rings. The first-order valence-corrected chi connectivity index (χ1v) is 7.25. The molecule has 2 aromatic heterocycles. The minimum Gasteiger partial charge on any atom is -0.343 e. The van der Waals surface area contributed by atoms with Crippen molar-refractivity contribution >= 4 is 17.4 Å². The number of rotatable bonds is 2. The molecule has 17 heavy (non-hydrogen) atoms. The molecule has 0 aliphatic carbocycles. The summed E-state index contributed by atoms with van der Waals surface area (Å²) >= 11 is 2.05. The van der Waals surface area contributed by atoms with Crippen LogP contribution in [-0.2, 0) is 6.42 Å². The summed E-state index contributed by atoms with van der Waals surface area (Å²) in [6, 6.07) is 5.35. The number of hydrogen-bond donors (Lipinski definition) is 1. The van der Waals surface area contributed by atoms with Gasteiger partial charge in [0.25, 0.3) is 5.56 Å². The van der Waals surface area contributed by atoms with Crippen LogP contribution >= 0.6 is 11.8 Å². The largest absolute Gasteiger partial charge is 0.343 e. The summed E-state index contributed by atoms with van der Waals surface area (Å²) in [5.74, 6) is 3.34. The Morgan fingerprint density at radius 2 is 2.18 bits per heavy atom. The van der Waals surface area contributed by atoms with Crippen LogP contribution in [0.25, 0.3) is 5.65 Å². The van der Waals surface area contributed by atoms with Crippen molar-refractivity contribution in [1.82, 2.24) is 9.38 Å². The smallest absolute Gasteiger partial charge is 0.256 e. The second-order valence-electron chi connectivity index (χ2n) is 4.66. The standard InChI is InChI=1S/C13H16N2OS/c16-13-3-1-2-12-14-11(9-15(12)13)8-10-4-6-17-7-5-10/h1-3,9-10,14H,4-8H2. The zero-order chi connectivity index (χ0) is 11.7. The van der Waals surface area contributed by atoms with E-state index in [0.717, 1.165) is 18.0 Å². The number of aromatic nitrogens is 2. The van der Waals surface area contributed by atoms with Crippen LogP contribution in [0, 0.1) is 5.92 Å². The lowest BCUT2D eigenvalue weighted by Gasteiger charge is -2.20. The molecule has 0 atom stereocenters. The van der Waals surface area contributed by atoms with Gasteiger partial charge in [0.15, 0.2) is 0 Å². The second kappa shape index (κ2) is 4.61. The molecule has 3 rings (SSSR count). The van der Waals surface area contributed by atoms with Gasteiger partial charge in [0.1, 0.15) is 5.65 Å². The Morgan fingerprint density at radius 3 is 2.94 bits per heavy atom. The van der Waals surface area contributed by atoms with Crippen LogP contribution in [0.5, 0.6) is 0 Å². The van der Waals surface area contributed by atoms with Crippen molar-refractivity contribution in [2.45, 2.75) is 19.3 Å². The Balaban J connectivity index is 1.85. The predicted octanol–water partition coefficient (Wildman–Crippen LogP) is 2.31. The van der Waals surface area contributed by atoms with E-state index < -0.39 is 0 Å². The van der Waals surface area contributed by atoms with Gasteiger partial charge in [0.2, 0.25) is 0 Å². The third-order valence-corrected chi connectivity index (χ3v) is 4.46. The van der Waals surface area contributed by atoms with Crippen LogP contribution in [-0.4, -0.2) is 20.9 Å². The summed E-state index contributed by atoms with van der Waals surface area (Å²) in [7, 11) is 0. The molecule has 90 valence electrons. The van der Waals surface area contributed by atoms with Crippen LogP contribution in [0.2, 0.25) is 0 Å². The Hall–Kier alpha value is -1.16. The molecule has 3 heterocycles. The Morgan fingerprint density at radius 1 is 1.35 bits per heavy atom. The van der Waals surface area contributed by atoms with E-state index in [9.17, 15) is 4.79 Å². The molecule has 0 unspecified atom stereocenters. The third-order valence-electron chi connectivity index (χ3n) is 3.41. The number of aromatic amines is 1. The molecule has 0 amide bonds. The van der Waals surface area contributed by atoms with Gasteiger partial charge >= 0.3 is 0 Å². The van der Waals surface area contributed by atoms with Gasteiger partial charge in [-0.05, 0) is 42.8 Å². The van der Waals surface area contributed by atoms with Crippen LogP contribution in [0.15, 0.2) is 29.2 Å². The molecule has 0 saturated carbocycles. The number of thioether (sulfide) groups is 1. The lowest BCUT2D eigenvalue weighted by molar-refractivity contribution is 0.483. The topological polar surface area (TPSA) is 37.3 Å². The Kier molecular flexibility index (Phi) is 2.97. The molecule has 4 heteroatoms. The minimum atomic E-state index is 0.0456. The maximum absolute atomic E-state index is 11.6. The molecule has 0 bridgehead atoms. The average molecular weight is 248 g/mol. The predicted molar refractivity (Wildman–Crippen MR) is 71.8 cm³/mol. The fourth-order valence-corrected chi connectivity index (χ4v) is 3.66. The molecule has 0 spiro atoms. The number of imidazole rings is 1. The van der Waals surface area contributed by atoms with Crippen molar-refractivity contribution in [2.24, 2.45) is 5.92 Å². The van der Waals surface area contributed by atoms with Gasteiger partial charge < -0.3 is 4.98 Å². The summed E-state index contributed by atoms with van der Waals surface area (Å²) < 4.78 is 1.70. The van der Waals surface area contributed by atoms with Crippen molar-refractivity contribution < 1.29 is 0 Å². The van der Waals surface area contributed by atoms with E-state index in [2.05, 4.69) is 16.7 Å². The molecule has 1 fully saturated rings. The van der Waals surface area contributed by atoms with Gasteiger partial charge in [-0.3, -0.25) is 9.20 Å². The number of pyridine rings is 1. The molecule has 1 N–H and O–H groups in total. The first-order valence-electron chi connectivity index (χ1n) is 6.10. The van der Waals surface area contributed by atoms with E-state index in [4.69, 9.17) is 0 Å². The number of H-pyrrole nitrogens is 1. The molecule has 3 nitrogen and oxygen atoms in total. The summed E-state index contributed by atoms with van der Waals surface area (Å²) in [5, 5.41) is 0. The third kappa shape index (κ3) is 2.27. The van der Waals surface area contributed by atoms with Crippen molar-refractivity contribution in [2.75, 3.05) is 11.5 Å². The van der Waals surface area contributed by atoms with Gasteiger partial charge in [-0.25, -0.2) is 0 Å². The summed E-state index contributed by atoms with van der Waals surface area (Å²) in [4.78, 5) is 15.0. The van der Waals surface area contributed by atoms with E-state index in [1.165, 1.54) is 30.0 Å². The van der Waals surface area contributed by atoms with E-state index in [0.29, 0.717) is 0 Å². The second-order valence-corrected chi connectivity index (χ2v) is 5.88. The highest BCUT2D eigenvalue weighted by atomic mass is 32.2. The van der Waals surface area contributed by atoms with Crippen LogP contribution < -0.4 is 5.56 Å². The van der Waals surface area contributed by atoms with E-state index >= 15 is 0 Å². The van der Waals surface area contributed by atoms with Crippen molar-refractivity contribution in [1.29, 1.82) is 0 Å². The Labute approximate surface area is 104 Å². The fraction of sp³-hybridized carbons (Fsp3) is 0.462. The quantitative estimate of drug-likeness (QED) is 0.885. The fourth-order valence-electron chi connectivity index (χ4n) is 2.45. The molecular weight excluding hydrogens is 232 g/mol. The summed E-state index contributed by atoms with van der Waals surface area (Å²) in [5.41, 5.74) is 2.13. The van der Waals surface area contributed by atoms with Crippen molar-refractivity contribution in [3.05, 3.63) is 40.4 Å². The first-order chi connectivity index (χ1) is 8.33. The molecule has 0 radical (unpaired) electrons. The summed E-state index contributed by atoms with van der Waals surface area (Å²) in [6.07, 6.45) is 5.63. The Bertz CT molecular complexity index is 566. The molecule has 0 aromatic carbocycles. The number of nitrogens with one attached hydrogen (secondary N) is 1. The van der Waals surface area contributed by atoms with Gasteiger partial charge in [-0.15, -0.1) is 0 Å². The maximum Gasteiger partial charge on any atom is 0.256 e. The maximum atomic E-state index is 11.6. The van der Waals surface area contributed by atoms with E-state index in [-0.39, 0.29) is 5.56 Å². The highest BCUT2D eigenvalue weighted by Gasteiger charge is 2.15. The van der Waals surface area contributed by atoms with E-state index in [1.807, 2.05) is 12.3 Å². The highest BCUT2D eigenvalue weighted by molar-refractivity contribution is 7.99. The lowest BCUT2D eigenvalue weighted by Crippen LogP contribution is -2.12. The normalized spacial score (nSPS) is 17.6. The lowest BCUT2D eigenvalue weighted by atomic mass is 9.97. The van der Waals surface area contributed by atoms with Crippen LogP contribution in [0.4, 0.5) is 0 Å². The monoisotopic (exact) mass is 248 g/mol. The minimum absolute atomic E-state index is 0.0456. The van der Waals surface area contributed by atoms with Gasteiger partial charge in [-0.1, -0.05) is 6.07 Å². The molecule has 1 aliphatic heterocycles. The number of nitrogens with zero attached hydrogens (tertiary/aromatic N) is 1. The van der Waals surface area contributed by atoms with Gasteiger partial charge in [0, 0.05) is 18.0 Å². The summed E-state index contributed by atoms with van der Waals surface area (Å²) in [6.45, 7) is 0. The zero-order valence-corrected chi connectivity index (χ0v) is 10.5.